The van der Waals surface area contributed by atoms with E-state index in [1.807, 2.05) is 60.7 Å². The minimum atomic E-state index is -1.26. The monoisotopic (exact) mass is 578 g/mol. The van der Waals surface area contributed by atoms with Crippen LogP contribution in [0.4, 0.5) is 0 Å². The van der Waals surface area contributed by atoms with E-state index in [1.54, 1.807) is 54.6 Å². The van der Waals surface area contributed by atoms with E-state index in [1.165, 1.54) is 6.92 Å². The molecule has 0 aliphatic carbocycles. The molecule has 1 aliphatic heterocycles. The number of likely N-dealkylation sites (tertiary alicyclic amines) is 1. The summed E-state index contributed by atoms with van der Waals surface area (Å²) in [6, 6.07) is 31.4. The van der Waals surface area contributed by atoms with E-state index in [2.05, 4.69) is 5.32 Å². The van der Waals surface area contributed by atoms with Crippen LogP contribution >= 0.6 is 0 Å². The topological polar surface area (TPSA) is 111 Å². The predicted molar refractivity (Wildman–Crippen MR) is 156 cm³/mol. The molecular formula is C34H30N2O7. The quantitative estimate of drug-likeness (QED) is 0.205. The fraction of sp³-hybridized carbons (Fsp3) is 0.176. The first-order chi connectivity index (χ1) is 20.9. The molecule has 9 nitrogen and oxygen atoms in total. The van der Waals surface area contributed by atoms with Gasteiger partial charge in [0.05, 0.1) is 0 Å². The Hall–Kier alpha value is -5.44. The highest BCUT2D eigenvalue weighted by Gasteiger charge is 2.56. The number of nitrogens with zero attached hydrogens (tertiary/aromatic N) is 1. The summed E-state index contributed by atoms with van der Waals surface area (Å²) in [4.78, 5) is 53.2. The summed E-state index contributed by atoms with van der Waals surface area (Å²) in [6.45, 7) is 1.52. The van der Waals surface area contributed by atoms with Crippen LogP contribution in [0.25, 0.3) is 0 Å². The second kappa shape index (κ2) is 13.5. The van der Waals surface area contributed by atoms with Gasteiger partial charge in [0.25, 0.3) is 11.8 Å². The van der Waals surface area contributed by atoms with Crippen LogP contribution in [0.3, 0.4) is 0 Å². The zero-order valence-corrected chi connectivity index (χ0v) is 23.4. The first kappa shape index (κ1) is 29.1. The molecule has 5 rings (SSSR count). The Morgan fingerprint density at radius 1 is 0.767 bits per heavy atom. The molecule has 1 aliphatic rings. The molecule has 1 fully saturated rings. The van der Waals surface area contributed by atoms with Gasteiger partial charge < -0.3 is 19.5 Å². The highest BCUT2D eigenvalue weighted by Crippen LogP contribution is 2.35. The van der Waals surface area contributed by atoms with Crippen LogP contribution in [0, 0.1) is 0 Å². The van der Waals surface area contributed by atoms with Crippen molar-refractivity contribution in [2.75, 3.05) is 0 Å². The molecule has 3 atom stereocenters. The average Bonchev–Trinajstić information content (AvgIpc) is 3.05. The molecule has 1 N–H and O–H groups in total. The van der Waals surface area contributed by atoms with Gasteiger partial charge in [-0.15, -0.1) is 0 Å². The van der Waals surface area contributed by atoms with Crippen LogP contribution in [-0.4, -0.2) is 40.9 Å². The summed E-state index contributed by atoms with van der Waals surface area (Å²) in [5.74, 6) is -1.95. The zero-order chi connectivity index (χ0) is 30.2. The van der Waals surface area contributed by atoms with Crippen LogP contribution in [0.15, 0.2) is 115 Å². The molecule has 0 aromatic heterocycles. The van der Waals surface area contributed by atoms with E-state index in [0.717, 1.165) is 16.0 Å². The third-order valence-corrected chi connectivity index (χ3v) is 6.86. The number of hydrogen-bond acceptors (Lipinski definition) is 7. The number of nitrogens with one attached hydrogen (secondary N) is 1. The second-order valence-electron chi connectivity index (χ2n) is 9.90. The Kier molecular flexibility index (Phi) is 9.11. The van der Waals surface area contributed by atoms with Crippen LogP contribution in [-0.2, 0) is 37.1 Å². The maximum Gasteiger partial charge on any atom is 0.334 e. The SMILES string of the molecule is CC(=O)OC1C(NC(=O)c2ccccc2)C(=O)N1C(C(=O)OCc1ccccc1)c1ccc(OCc2ccccc2)cc1. The number of benzene rings is 4. The lowest BCUT2D eigenvalue weighted by Crippen LogP contribution is -2.73. The minimum Gasteiger partial charge on any atom is -0.489 e. The van der Waals surface area contributed by atoms with Gasteiger partial charge in [-0.25, -0.2) is 4.79 Å². The number of carbonyl (C=O) groups excluding carboxylic acids is 4. The lowest BCUT2D eigenvalue weighted by atomic mass is 9.95. The normalized spacial score (nSPS) is 16.4. The fourth-order valence-electron chi connectivity index (χ4n) is 4.71. The highest BCUT2D eigenvalue weighted by atomic mass is 16.6. The summed E-state index contributed by atoms with van der Waals surface area (Å²) in [5.41, 5.74) is 2.51. The Balaban J connectivity index is 1.39. The van der Waals surface area contributed by atoms with Gasteiger partial charge in [0, 0.05) is 12.5 Å². The van der Waals surface area contributed by atoms with E-state index in [4.69, 9.17) is 14.2 Å². The molecule has 0 bridgehead atoms. The van der Waals surface area contributed by atoms with Crippen molar-refractivity contribution >= 4 is 23.8 Å². The number of ether oxygens (including phenoxy) is 3. The van der Waals surface area contributed by atoms with E-state index in [9.17, 15) is 19.2 Å². The molecule has 9 heteroatoms. The molecule has 1 heterocycles. The molecule has 43 heavy (non-hydrogen) atoms. The van der Waals surface area contributed by atoms with Gasteiger partial charge in [-0.05, 0) is 41.0 Å². The molecule has 0 spiro atoms. The van der Waals surface area contributed by atoms with E-state index >= 15 is 0 Å². The third-order valence-electron chi connectivity index (χ3n) is 6.86. The molecule has 1 saturated heterocycles. The molecule has 2 amide bonds. The lowest BCUT2D eigenvalue weighted by molar-refractivity contribution is -0.201. The molecule has 4 aromatic carbocycles. The van der Waals surface area contributed by atoms with Crippen LogP contribution in [0.5, 0.6) is 5.75 Å². The van der Waals surface area contributed by atoms with Crippen molar-refractivity contribution in [2.24, 2.45) is 0 Å². The van der Waals surface area contributed by atoms with Crippen LogP contribution in [0.1, 0.15) is 40.0 Å². The van der Waals surface area contributed by atoms with E-state index in [0.29, 0.717) is 23.5 Å². The largest absolute Gasteiger partial charge is 0.489 e. The maximum atomic E-state index is 13.6. The Morgan fingerprint density at radius 3 is 1.91 bits per heavy atom. The summed E-state index contributed by atoms with van der Waals surface area (Å²) in [5, 5.41) is 2.63. The Labute approximate surface area is 249 Å². The summed E-state index contributed by atoms with van der Waals surface area (Å²) < 4.78 is 17.0. The average molecular weight is 579 g/mol. The summed E-state index contributed by atoms with van der Waals surface area (Å²) in [6.07, 6.45) is -1.24. The molecular weight excluding hydrogens is 548 g/mol. The third kappa shape index (κ3) is 7.08. The van der Waals surface area contributed by atoms with Crippen molar-refractivity contribution < 1.29 is 33.4 Å². The van der Waals surface area contributed by atoms with E-state index in [-0.39, 0.29) is 6.61 Å². The lowest BCUT2D eigenvalue weighted by Gasteiger charge is -2.48. The fourth-order valence-corrected chi connectivity index (χ4v) is 4.71. The molecule has 4 aromatic rings. The van der Waals surface area contributed by atoms with Crippen molar-refractivity contribution in [3.8, 4) is 5.75 Å². The van der Waals surface area contributed by atoms with Crippen molar-refractivity contribution in [3.05, 3.63) is 138 Å². The van der Waals surface area contributed by atoms with Crippen molar-refractivity contribution in [1.29, 1.82) is 0 Å². The van der Waals surface area contributed by atoms with Gasteiger partial charge in [-0.1, -0.05) is 91.0 Å². The van der Waals surface area contributed by atoms with Gasteiger partial charge in [0.15, 0.2) is 12.1 Å². The molecule has 0 saturated carbocycles. The van der Waals surface area contributed by atoms with Gasteiger partial charge >= 0.3 is 11.9 Å². The van der Waals surface area contributed by atoms with E-state index < -0.39 is 42.1 Å². The number of esters is 2. The zero-order valence-electron chi connectivity index (χ0n) is 23.4. The molecule has 3 unspecified atom stereocenters. The first-order valence-electron chi connectivity index (χ1n) is 13.7. The second-order valence-corrected chi connectivity index (χ2v) is 9.90. The first-order valence-corrected chi connectivity index (χ1v) is 13.7. The van der Waals surface area contributed by atoms with Gasteiger partial charge in [0.2, 0.25) is 6.23 Å². The predicted octanol–water partition coefficient (Wildman–Crippen LogP) is 4.58. The van der Waals surface area contributed by atoms with Gasteiger partial charge in [-0.3, -0.25) is 19.3 Å². The maximum absolute atomic E-state index is 13.6. The van der Waals surface area contributed by atoms with Gasteiger partial charge in [-0.2, -0.15) is 0 Å². The number of rotatable bonds is 11. The molecule has 218 valence electrons. The smallest absolute Gasteiger partial charge is 0.334 e. The van der Waals surface area contributed by atoms with Crippen molar-refractivity contribution in [3.63, 3.8) is 0 Å². The number of hydrogen-bond donors (Lipinski definition) is 1. The number of amides is 2. The molecule has 0 radical (unpaired) electrons. The highest BCUT2D eigenvalue weighted by molar-refractivity contribution is 6.01. The van der Waals surface area contributed by atoms with Crippen LogP contribution < -0.4 is 10.1 Å². The van der Waals surface area contributed by atoms with Gasteiger partial charge in [0.1, 0.15) is 19.0 Å². The van der Waals surface area contributed by atoms with Crippen LogP contribution in [0.2, 0.25) is 0 Å². The number of β-lactam (4-membered cyclic amide) rings is 1. The Morgan fingerprint density at radius 2 is 1.33 bits per heavy atom. The standard InChI is InChI=1S/C34H30N2O7/c1-23(37)43-33-29(35-31(38)27-15-9-4-10-16-27)32(39)36(33)30(34(40)42-22-25-13-7-3-8-14-25)26-17-19-28(20-18-26)41-21-24-11-5-2-6-12-24/h2-20,29-30,33H,21-22H2,1H3,(H,35,38). The Bertz CT molecular complexity index is 1560. The minimum absolute atomic E-state index is 0.0249. The summed E-state index contributed by atoms with van der Waals surface area (Å²) in [7, 11) is 0. The summed E-state index contributed by atoms with van der Waals surface area (Å²) >= 11 is 0. The van der Waals surface area contributed by atoms with Crippen molar-refractivity contribution in [1.82, 2.24) is 10.2 Å². The van der Waals surface area contributed by atoms with Crippen molar-refractivity contribution in [2.45, 2.75) is 38.4 Å². The number of carbonyl (C=O) groups is 4.